The van der Waals surface area contributed by atoms with Crippen LogP contribution in [0.5, 0.6) is 0 Å². The minimum absolute atomic E-state index is 0.185. The highest BCUT2D eigenvalue weighted by Gasteiger charge is 2.29. The predicted molar refractivity (Wildman–Crippen MR) is 65.4 cm³/mol. The minimum atomic E-state index is -0.694. The Balaban J connectivity index is 2.12. The number of β-amino-alcohol motifs (C(OH)–C–C–N with tert-alkyl or cyclic N) is 1. The quantitative estimate of drug-likeness (QED) is 0.776. The fraction of sp³-hybridized carbons (Fsp3) is 0.583. The molecular formula is C12H17N3O3. The van der Waals surface area contributed by atoms with Gasteiger partial charge >= 0.3 is 5.97 Å². The van der Waals surface area contributed by atoms with Crippen LogP contribution in [0.15, 0.2) is 12.1 Å². The Hall–Kier alpha value is -1.69. The topological polar surface area (TPSA) is 75.5 Å². The Morgan fingerprint density at radius 1 is 1.50 bits per heavy atom. The molecule has 1 fully saturated rings. The van der Waals surface area contributed by atoms with Crippen LogP contribution in [-0.2, 0) is 4.74 Å². The first-order valence-corrected chi connectivity index (χ1v) is 5.91. The summed E-state index contributed by atoms with van der Waals surface area (Å²) in [6.45, 7) is 3.18. The van der Waals surface area contributed by atoms with Crippen molar-refractivity contribution in [3.05, 3.63) is 17.8 Å². The second-order valence-electron chi connectivity index (χ2n) is 4.79. The predicted octanol–water partition coefficient (Wildman–Crippen LogP) is 0.614. The zero-order chi connectivity index (χ0) is 13.2. The van der Waals surface area contributed by atoms with Crippen LogP contribution < -0.4 is 4.90 Å². The van der Waals surface area contributed by atoms with E-state index in [-0.39, 0.29) is 5.69 Å². The highest BCUT2D eigenvalue weighted by Crippen LogP contribution is 2.23. The van der Waals surface area contributed by atoms with E-state index < -0.39 is 11.6 Å². The largest absolute Gasteiger partial charge is 0.464 e. The van der Waals surface area contributed by atoms with Crippen LogP contribution in [0.2, 0.25) is 0 Å². The van der Waals surface area contributed by atoms with Crippen LogP contribution in [0.4, 0.5) is 5.82 Å². The molecule has 2 rings (SSSR count). The Labute approximate surface area is 106 Å². The first kappa shape index (κ1) is 12.8. The first-order valence-electron chi connectivity index (χ1n) is 5.91. The molecule has 0 aromatic carbocycles. The molecule has 0 spiro atoms. The first-order chi connectivity index (χ1) is 8.52. The number of hydrogen-bond acceptors (Lipinski definition) is 6. The Kier molecular flexibility index (Phi) is 3.47. The zero-order valence-corrected chi connectivity index (χ0v) is 10.6. The van der Waals surface area contributed by atoms with Crippen molar-refractivity contribution < 1.29 is 14.6 Å². The molecule has 0 saturated carbocycles. The van der Waals surface area contributed by atoms with E-state index >= 15 is 0 Å². The number of ether oxygens (including phenoxy) is 1. The second-order valence-corrected chi connectivity index (χ2v) is 4.79. The number of carbonyl (C=O) groups excluding carboxylic acids is 1. The lowest BCUT2D eigenvalue weighted by Gasteiger charge is -2.37. The zero-order valence-electron chi connectivity index (χ0n) is 10.6. The van der Waals surface area contributed by atoms with Gasteiger partial charge in [-0.15, -0.1) is 10.2 Å². The van der Waals surface area contributed by atoms with E-state index in [1.165, 1.54) is 7.11 Å². The van der Waals surface area contributed by atoms with Crippen molar-refractivity contribution in [3.63, 3.8) is 0 Å². The Morgan fingerprint density at radius 2 is 2.28 bits per heavy atom. The number of hydrogen-bond donors (Lipinski definition) is 1. The number of methoxy groups -OCH3 is 1. The number of piperidine rings is 1. The van der Waals surface area contributed by atoms with Crippen LogP contribution in [0.25, 0.3) is 0 Å². The van der Waals surface area contributed by atoms with E-state index in [4.69, 9.17) is 0 Å². The molecule has 1 N–H and O–H groups in total. The SMILES string of the molecule is COC(=O)c1ccc(N2CCCC(C)(O)C2)nn1. The second kappa shape index (κ2) is 4.89. The maximum Gasteiger partial charge on any atom is 0.358 e. The van der Waals surface area contributed by atoms with E-state index in [0.717, 1.165) is 19.4 Å². The molecule has 2 heterocycles. The van der Waals surface area contributed by atoms with Crippen molar-refractivity contribution in [2.24, 2.45) is 0 Å². The van der Waals surface area contributed by atoms with Gasteiger partial charge in [-0.1, -0.05) is 0 Å². The van der Waals surface area contributed by atoms with Gasteiger partial charge in [0.1, 0.15) is 0 Å². The lowest BCUT2D eigenvalue weighted by atomic mass is 9.95. The van der Waals surface area contributed by atoms with Crippen molar-refractivity contribution in [2.75, 3.05) is 25.1 Å². The summed E-state index contributed by atoms with van der Waals surface area (Å²) in [5, 5.41) is 17.8. The van der Waals surface area contributed by atoms with E-state index in [1.807, 2.05) is 11.8 Å². The molecule has 0 amide bonds. The van der Waals surface area contributed by atoms with Crippen molar-refractivity contribution >= 4 is 11.8 Å². The van der Waals surface area contributed by atoms with Gasteiger partial charge in [0.25, 0.3) is 0 Å². The summed E-state index contributed by atoms with van der Waals surface area (Å²) in [6.07, 6.45) is 1.70. The fourth-order valence-corrected chi connectivity index (χ4v) is 2.12. The van der Waals surface area contributed by atoms with Gasteiger partial charge in [-0.3, -0.25) is 0 Å². The number of carbonyl (C=O) groups is 1. The number of anilines is 1. The molecule has 1 atom stereocenters. The van der Waals surface area contributed by atoms with Gasteiger partial charge in [0.15, 0.2) is 11.5 Å². The van der Waals surface area contributed by atoms with Crippen LogP contribution >= 0.6 is 0 Å². The van der Waals surface area contributed by atoms with E-state index in [9.17, 15) is 9.90 Å². The number of rotatable bonds is 2. The molecule has 1 unspecified atom stereocenters. The van der Waals surface area contributed by atoms with Gasteiger partial charge in [-0.05, 0) is 31.9 Å². The summed E-state index contributed by atoms with van der Waals surface area (Å²) in [7, 11) is 1.31. The lowest BCUT2D eigenvalue weighted by Crippen LogP contribution is -2.46. The maximum atomic E-state index is 11.2. The number of esters is 1. The van der Waals surface area contributed by atoms with Crippen molar-refractivity contribution in [2.45, 2.75) is 25.4 Å². The Bertz CT molecular complexity index is 431. The molecule has 1 saturated heterocycles. The maximum absolute atomic E-state index is 11.2. The van der Waals surface area contributed by atoms with Crippen LogP contribution in [0.3, 0.4) is 0 Å². The molecule has 0 radical (unpaired) electrons. The van der Waals surface area contributed by atoms with Gasteiger partial charge in [0, 0.05) is 13.1 Å². The molecule has 1 aliphatic heterocycles. The van der Waals surface area contributed by atoms with Crippen molar-refractivity contribution in [1.29, 1.82) is 0 Å². The summed E-state index contributed by atoms with van der Waals surface area (Å²) in [5.41, 5.74) is -0.508. The van der Waals surface area contributed by atoms with Crippen LogP contribution in [0, 0.1) is 0 Å². The summed E-state index contributed by atoms with van der Waals surface area (Å²) >= 11 is 0. The van der Waals surface area contributed by atoms with E-state index in [1.54, 1.807) is 12.1 Å². The summed E-state index contributed by atoms with van der Waals surface area (Å²) in [4.78, 5) is 13.2. The third-order valence-electron chi connectivity index (χ3n) is 3.04. The third kappa shape index (κ3) is 2.76. The van der Waals surface area contributed by atoms with E-state index in [0.29, 0.717) is 12.4 Å². The van der Waals surface area contributed by atoms with Crippen molar-refractivity contribution in [1.82, 2.24) is 10.2 Å². The summed E-state index contributed by atoms with van der Waals surface area (Å²) < 4.78 is 4.56. The molecule has 0 aliphatic carbocycles. The van der Waals surface area contributed by atoms with Gasteiger partial charge in [-0.25, -0.2) is 4.79 Å². The number of aliphatic hydroxyl groups is 1. The third-order valence-corrected chi connectivity index (χ3v) is 3.04. The molecule has 1 aromatic heterocycles. The highest BCUT2D eigenvalue weighted by atomic mass is 16.5. The van der Waals surface area contributed by atoms with Gasteiger partial charge in [0.2, 0.25) is 0 Å². The minimum Gasteiger partial charge on any atom is -0.464 e. The average Bonchev–Trinajstić information content (AvgIpc) is 2.37. The normalized spacial score (nSPS) is 23.8. The highest BCUT2D eigenvalue weighted by molar-refractivity contribution is 5.86. The summed E-state index contributed by atoms with van der Waals surface area (Å²) in [5.74, 6) is 0.169. The molecular weight excluding hydrogens is 234 g/mol. The monoisotopic (exact) mass is 251 g/mol. The molecule has 6 heteroatoms. The standard InChI is InChI=1S/C12H17N3O3/c1-12(17)6-3-7-15(8-12)10-5-4-9(13-14-10)11(16)18-2/h4-5,17H,3,6-8H2,1-2H3. The number of nitrogens with zero attached hydrogens (tertiary/aromatic N) is 3. The van der Waals surface area contributed by atoms with Crippen LogP contribution in [-0.4, -0.2) is 47.1 Å². The van der Waals surface area contributed by atoms with E-state index in [2.05, 4.69) is 14.9 Å². The fourth-order valence-electron chi connectivity index (χ4n) is 2.12. The molecule has 6 nitrogen and oxygen atoms in total. The molecule has 0 bridgehead atoms. The number of aromatic nitrogens is 2. The molecule has 1 aromatic rings. The van der Waals surface area contributed by atoms with Crippen molar-refractivity contribution in [3.8, 4) is 0 Å². The molecule has 18 heavy (non-hydrogen) atoms. The lowest BCUT2D eigenvalue weighted by molar-refractivity contribution is 0.0445. The van der Waals surface area contributed by atoms with Gasteiger partial charge in [0.05, 0.1) is 12.7 Å². The summed E-state index contributed by atoms with van der Waals surface area (Å²) in [6, 6.07) is 3.30. The van der Waals surface area contributed by atoms with Crippen LogP contribution in [0.1, 0.15) is 30.3 Å². The molecule has 98 valence electrons. The Morgan fingerprint density at radius 3 is 2.83 bits per heavy atom. The van der Waals surface area contributed by atoms with Gasteiger partial charge < -0.3 is 14.7 Å². The smallest absolute Gasteiger partial charge is 0.358 e. The average molecular weight is 251 g/mol. The van der Waals surface area contributed by atoms with Gasteiger partial charge in [-0.2, -0.15) is 0 Å². The molecule has 1 aliphatic rings.